The number of carbonyl (C=O) groups excluding carboxylic acids is 1. The number of fused-ring (bicyclic) bond motifs is 1. The molecule has 38 heavy (non-hydrogen) atoms. The van der Waals surface area contributed by atoms with E-state index in [9.17, 15) is 4.79 Å². The van der Waals surface area contributed by atoms with Crippen LogP contribution >= 0.6 is 0 Å². The van der Waals surface area contributed by atoms with E-state index in [2.05, 4.69) is 69.7 Å². The maximum atomic E-state index is 12.1. The van der Waals surface area contributed by atoms with Crippen molar-refractivity contribution in [2.75, 3.05) is 30.4 Å². The number of hydrogen-bond acceptors (Lipinski definition) is 7. The van der Waals surface area contributed by atoms with Gasteiger partial charge in [0.05, 0.1) is 24.9 Å². The van der Waals surface area contributed by atoms with Crippen LogP contribution in [-0.4, -0.2) is 55.1 Å². The van der Waals surface area contributed by atoms with Gasteiger partial charge in [0.15, 0.2) is 11.6 Å². The molecule has 5 heterocycles. The zero-order valence-corrected chi connectivity index (χ0v) is 22.8. The van der Waals surface area contributed by atoms with E-state index in [0.717, 1.165) is 62.7 Å². The van der Waals surface area contributed by atoms with E-state index in [4.69, 9.17) is 14.9 Å². The van der Waals surface area contributed by atoms with E-state index in [-0.39, 0.29) is 29.3 Å². The lowest BCUT2D eigenvalue weighted by Gasteiger charge is -2.33. The Balaban J connectivity index is 1.15. The topological polar surface area (TPSA) is 102 Å². The van der Waals surface area contributed by atoms with Crippen LogP contribution in [0.5, 0.6) is 0 Å². The molecule has 1 saturated carbocycles. The predicted octanol–water partition coefficient (Wildman–Crippen LogP) is 4.40. The molecule has 1 amide bonds. The average Bonchev–Trinajstić information content (AvgIpc) is 3.24. The molecule has 2 fully saturated rings. The first kappa shape index (κ1) is 25.1. The van der Waals surface area contributed by atoms with Gasteiger partial charge in [0.2, 0.25) is 5.91 Å². The van der Waals surface area contributed by atoms with Gasteiger partial charge in [-0.25, -0.2) is 4.98 Å². The van der Waals surface area contributed by atoms with Gasteiger partial charge < -0.3 is 15.4 Å². The normalized spacial score (nSPS) is 21.9. The minimum Gasteiger partial charge on any atom is -0.379 e. The summed E-state index contributed by atoms with van der Waals surface area (Å²) in [4.78, 5) is 18.9. The van der Waals surface area contributed by atoms with E-state index < -0.39 is 0 Å². The maximum absolute atomic E-state index is 12.1. The number of pyridine rings is 1. The van der Waals surface area contributed by atoms with Crippen LogP contribution in [0.15, 0.2) is 30.5 Å². The van der Waals surface area contributed by atoms with Gasteiger partial charge >= 0.3 is 0 Å². The van der Waals surface area contributed by atoms with Crippen molar-refractivity contribution in [1.82, 2.24) is 29.4 Å². The Morgan fingerprint density at radius 1 is 1.08 bits per heavy atom. The SMILES string of the molecule is C[C@H]1c2cc(Nc3cc(C(C)(C)C)n([C@@H]4CCOC4)n3)nn2CCN1Cc1ccnc(NC(=O)C2CC2)c1. The summed E-state index contributed by atoms with van der Waals surface area (Å²) in [5, 5.41) is 16.2. The Hall–Kier alpha value is -3.24. The lowest BCUT2D eigenvalue weighted by atomic mass is 9.91. The van der Waals surface area contributed by atoms with Crippen molar-refractivity contribution in [3.05, 3.63) is 47.4 Å². The number of aromatic nitrogens is 5. The number of anilines is 3. The zero-order valence-electron chi connectivity index (χ0n) is 22.8. The van der Waals surface area contributed by atoms with E-state index in [1.54, 1.807) is 6.20 Å². The fourth-order valence-electron chi connectivity index (χ4n) is 5.42. The Kier molecular flexibility index (Phi) is 6.47. The molecule has 2 atom stereocenters. The molecule has 0 aromatic carbocycles. The number of nitrogens with one attached hydrogen (secondary N) is 2. The molecule has 10 heteroatoms. The van der Waals surface area contributed by atoms with Crippen molar-refractivity contribution < 1.29 is 9.53 Å². The highest BCUT2D eigenvalue weighted by molar-refractivity contribution is 5.93. The standard InChI is InChI=1S/C28H38N8O2/c1-18-22-14-25(30-26-15-23(28(2,3)4)36(33-26)21-8-12-38-17-21)32-35(22)11-10-34(18)16-19-7-9-29-24(13-19)31-27(37)20-5-6-20/h7,9,13-15,18,20-21H,5-6,8,10-12,16-17H2,1-4H3,(H,29,31,37)(H,30,32,33)/t18-,21+/m0/s1. The molecular weight excluding hydrogens is 480 g/mol. The van der Waals surface area contributed by atoms with Crippen molar-refractivity contribution in [2.45, 2.75) is 77.5 Å². The van der Waals surface area contributed by atoms with Crippen molar-refractivity contribution >= 4 is 23.4 Å². The molecule has 3 aliphatic rings. The van der Waals surface area contributed by atoms with Crippen LogP contribution in [0.3, 0.4) is 0 Å². The first-order valence-electron chi connectivity index (χ1n) is 13.8. The molecule has 2 N–H and O–H groups in total. The van der Waals surface area contributed by atoms with E-state index in [1.807, 2.05) is 12.1 Å². The molecule has 6 rings (SSSR count). The molecule has 0 unspecified atom stereocenters. The molecule has 2 aliphatic heterocycles. The van der Waals surface area contributed by atoms with Crippen LogP contribution in [0.2, 0.25) is 0 Å². The molecule has 10 nitrogen and oxygen atoms in total. The van der Waals surface area contributed by atoms with E-state index in [0.29, 0.717) is 12.4 Å². The highest BCUT2D eigenvalue weighted by Gasteiger charge is 2.31. The van der Waals surface area contributed by atoms with Gasteiger partial charge in [0.25, 0.3) is 0 Å². The number of carbonyl (C=O) groups is 1. The van der Waals surface area contributed by atoms with Gasteiger partial charge in [-0.05, 0) is 43.9 Å². The molecular formula is C28H38N8O2. The Morgan fingerprint density at radius 3 is 2.63 bits per heavy atom. The second-order valence-electron chi connectivity index (χ2n) is 11.9. The number of nitrogens with zero attached hydrogens (tertiary/aromatic N) is 6. The van der Waals surface area contributed by atoms with Crippen LogP contribution < -0.4 is 10.6 Å². The van der Waals surface area contributed by atoms with Crippen LogP contribution in [0.25, 0.3) is 0 Å². The van der Waals surface area contributed by atoms with E-state index in [1.165, 1.54) is 11.4 Å². The summed E-state index contributed by atoms with van der Waals surface area (Å²) < 4.78 is 9.88. The molecule has 3 aromatic rings. The van der Waals surface area contributed by atoms with Crippen LogP contribution in [0.1, 0.15) is 76.0 Å². The van der Waals surface area contributed by atoms with Gasteiger partial charge in [-0.3, -0.25) is 19.1 Å². The van der Waals surface area contributed by atoms with E-state index >= 15 is 0 Å². The zero-order chi connectivity index (χ0) is 26.4. The summed E-state index contributed by atoms with van der Waals surface area (Å²) in [6, 6.07) is 8.78. The average molecular weight is 519 g/mol. The summed E-state index contributed by atoms with van der Waals surface area (Å²) in [7, 11) is 0. The van der Waals surface area contributed by atoms with Gasteiger partial charge in [-0.2, -0.15) is 10.2 Å². The third-order valence-electron chi connectivity index (χ3n) is 7.81. The van der Waals surface area contributed by atoms with Crippen LogP contribution in [0, 0.1) is 5.92 Å². The number of rotatable bonds is 7. The van der Waals surface area contributed by atoms with Gasteiger partial charge in [-0.15, -0.1) is 0 Å². The second-order valence-corrected chi connectivity index (χ2v) is 11.9. The highest BCUT2D eigenvalue weighted by Crippen LogP contribution is 2.33. The van der Waals surface area contributed by atoms with Gasteiger partial charge in [0.1, 0.15) is 5.82 Å². The molecule has 3 aromatic heterocycles. The molecule has 0 radical (unpaired) electrons. The Bertz CT molecular complexity index is 1310. The third-order valence-corrected chi connectivity index (χ3v) is 7.81. The summed E-state index contributed by atoms with van der Waals surface area (Å²) in [5.74, 6) is 2.52. The monoisotopic (exact) mass is 518 g/mol. The van der Waals surface area contributed by atoms with Crippen molar-refractivity contribution in [2.24, 2.45) is 5.92 Å². The first-order chi connectivity index (χ1) is 18.2. The molecule has 1 aliphatic carbocycles. The molecule has 0 spiro atoms. The lowest BCUT2D eigenvalue weighted by molar-refractivity contribution is -0.117. The molecule has 0 bridgehead atoms. The van der Waals surface area contributed by atoms with Crippen molar-refractivity contribution in [3.63, 3.8) is 0 Å². The van der Waals surface area contributed by atoms with Gasteiger partial charge in [-0.1, -0.05) is 20.8 Å². The Morgan fingerprint density at radius 2 is 1.89 bits per heavy atom. The number of hydrogen-bond donors (Lipinski definition) is 2. The molecule has 202 valence electrons. The minimum absolute atomic E-state index is 0.0223. The van der Waals surface area contributed by atoms with Gasteiger partial charge in [0, 0.05) is 61.1 Å². The first-order valence-corrected chi connectivity index (χ1v) is 13.8. The molecule has 1 saturated heterocycles. The second kappa shape index (κ2) is 9.81. The minimum atomic E-state index is -0.0223. The summed E-state index contributed by atoms with van der Waals surface area (Å²) in [6.07, 6.45) is 4.73. The summed E-state index contributed by atoms with van der Waals surface area (Å²) >= 11 is 0. The fourth-order valence-corrected chi connectivity index (χ4v) is 5.42. The van der Waals surface area contributed by atoms with Crippen LogP contribution in [-0.2, 0) is 28.0 Å². The summed E-state index contributed by atoms with van der Waals surface area (Å²) in [5.41, 5.74) is 3.49. The largest absolute Gasteiger partial charge is 0.379 e. The lowest BCUT2D eigenvalue weighted by Crippen LogP contribution is -2.36. The quantitative estimate of drug-likeness (QED) is 0.478. The maximum Gasteiger partial charge on any atom is 0.228 e. The predicted molar refractivity (Wildman–Crippen MR) is 145 cm³/mol. The third kappa shape index (κ3) is 5.19. The Labute approximate surface area is 223 Å². The number of ether oxygens (including phenoxy) is 1. The van der Waals surface area contributed by atoms with Crippen molar-refractivity contribution in [3.8, 4) is 0 Å². The number of amides is 1. The summed E-state index contributed by atoms with van der Waals surface area (Å²) in [6.45, 7) is 12.9. The highest BCUT2D eigenvalue weighted by atomic mass is 16.5. The smallest absolute Gasteiger partial charge is 0.228 e. The van der Waals surface area contributed by atoms with Crippen molar-refractivity contribution in [1.29, 1.82) is 0 Å². The fraction of sp³-hybridized carbons (Fsp3) is 0.571. The van der Waals surface area contributed by atoms with Crippen LogP contribution in [0.4, 0.5) is 17.5 Å².